The van der Waals surface area contributed by atoms with Crippen LogP contribution in [0, 0.1) is 0 Å². The minimum atomic E-state index is 0.0672. The SMILES string of the molecule is COc1ccc(OC)c(CSc2nc3ccccc3c(=O)n2C2CCCC2)c1. The van der Waals surface area contributed by atoms with Gasteiger partial charge in [0, 0.05) is 17.4 Å². The summed E-state index contributed by atoms with van der Waals surface area (Å²) in [5, 5.41) is 1.47. The van der Waals surface area contributed by atoms with E-state index < -0.39 is 0 Å². The van der Waals surface area contributed by atoms with Crippen LogP contribution < -0.4 is 15.0 Å². The summed E-state index contributed by atoms with van der Waals surface area (Å²) in [5.41, 5.74) is 1.84. The minimum Gasteiger partial charge on any atom is -0.497 e. The van der Waals surface area contributed by atoms with Gasteiger partial charge in [-0.05, 0) is 43.2 Å². The number of fused-ring (bicyclic) bond motifs is 1. The largest absolute Gasteiger partial charge is 0.497 e. The third-order valence-corrected chi connectivity index (χ3v) is 6.31. The zero-order valence-electron chi connectivity index (χ0n) is 16.2. The maximum atomic E-state index is 13.2. The van der Waals surface area contributed by atoms with Gasteiger partial charge in [-0.1, -0.05) is 36.7 Å². The number of methoxy groups -OCH3 is 2. The van der Waals surface area contributed by atoms with Crippen molar-refractivity contribution < 1.29 is 9.47 Å². The topological polar surface area (TPSA) is 53.4 Å². The fourth-order valence-electron chi connectivity index (χ4n) is 3.85. The molecule has 0 aliphatic heterocycles. The highest BCUT2D eigenvalue weighted by Gasteiger charge is 2.23. The first-order valence-electron chi connectivity index (χ1n) is 9.56. The normalized spacial score (nSPS) is 14.5. The van der Waals surface area contributed by atoms with Crippen LogP contribution >= 0.6 is 11.8 Å². The van der Waals surface area contributed by atoms with Crippen molar-refractivity contribution in [3.8, 4) is 11.5 Å². The zero-order valence-corrected chi connectivity index (χ0v) is 17.0. The van der Waals surface area contributed by atoms with Crippen LogP contribution in [0.15, 0.2) is 52.4 Å². The van der Waals surface area contributed by atoms with E-state index in [-0.39, 0.29) is 11.6 Å². The van der Waals surface area contributed by atoms with Gasteiger partial charge >= 0.3 is 0 Å². The van der Waals surface area contributed by atoms with Crippen LogP contribution in [0.4, 0.5) is 0 Å². The summed E-state index contributed by atoms with van der Waals surface area (Å²) in [6.45, 7) is 0. The van der Waals surface area contributed by atoms with Crippen LogP contribution in [0.5, 0.6) is 11.5 Å². The van der Waals surface area contributed by atoms with Crippen molar-refractivity contribution in [2.24, 2.45) is 0 Å². The number of rotatable bonds is 6. The Labute approximate surface area is 168 Å². The van der Waals surface area contributed by atoms with Crippen molar-refractivity contribution in [2.45, 2.75) is 42.6 Å². The van der Waals surface area contributed by atoms with Crippen molar-refractivity contribution >= 4 is 22.7 Å². The molecule has 1 saturated carbocycles. The third-order valence-electron chi connectivity index (χ3n) is 5.31. The summed E-state index contributed by atoms with van der Waals surface area (Å²) < 4.78 is 12.8. The monoisotopic (exact) mass is 396 g/mol. The number of benzene rings is 2. The maximum absolute atomic E-state index is 13.2. The Balaban J connectivity index is 1.74. The number of hydrogen-bond donors (Lipinski definition) is 0. The van der Waals surface area contributed by atoms with Gasteiger partial charge in [-0.25, -0.2) is 4.98 Å². The second-order valence-electron chi connectivity index (χ2n) is 6.99. The van der Waals surface area contributed by atoms with Crippen molar-refractivity contribution in [3.05, 3.63) is 58.4 Å². The van der Waals surface area contributed by atoms with Crippen molar-refractivity contribution in [3.63, 3.8) is 0 Å². The van der Waals surface area contributed by atoms with Crippen LogP contribution in [0.25, 0.3) is 10.9 Å². The average Bonchev–Trinajstić information content (AvgIpc) is 3.26. The van der Waals surface area contributed by atoms with E-state index in [9.17, 15) is 4.79 Å². The van der Waals surface area contributed by atoms with E-state index in [2.05, 4.69) is 0 Å². The molecule has 3 aromatic rings. The van der Waals surface area contributed by atoms with E-state index in [1.165, 1.54) is 0 Å². The molecule has 146 valence electrons. The summed E-state index contributed by atoms with van der Waals surface area (Å²) in [5.74, 6) is 2.25. The first-order chi connectivity index (χ1) is 13.7. The van der Waals surface area contributed by atoms with Crippen LogP contribution in [0.2, 0.25) is 0 Å². The molecule has 0 atom stereocenters. The van der Waals surface area contributed by atoms with Gasteiger partial charge in [-0.3, -0.25) is 9.36 Å². The van der Waals surface area contributed by atoms with Crippen molar-refractivity contribution in [1.82, 2.24) is 9.55 Å². The Kier molecular flexibility index (Phi) is 5.57. The number of thioether (sulfide) groups is 1. The molecule has 0 unspecified atom stereocenters. The van der Waals surface area contributed by atoms with E-state index >= 15 is 0 Å². The molecular formula is C22H24N2O3S. The van der Waals surface area contributed by atoms with Crippen molar-refractivity contribution in [1.29, 1.82) is 0 Å². The molecule has 0 spiro atoms. The summed E-state index contributed by atoms with van der Waals surface area (Å²) in [6, 6.07) is 13.6. The van der Waals surface area contributed by atoms with Gasteiger partial charge in [-0.15, -0.1) is 0 Å². The van der Waals surface area contributed by atoms with Gasteiger partial charge in [-0.2, -0.15) is 0 Å². The molecule has 5 nitrogen and oxygen atoms in total. The Morgan fingerprint density at radius 1 is 1.11 bits per heavy atom. The Hall–Kier alpha value is -2.47. The van der Waals surface area contributed by atoms with Gasteiger partial charge in [0.1, 0.15) is 11.5 Å². The molecular weight excluding hydrogens is 372 g/mol. The van der Waals surface area contributed by atoms with Gasteiger partial charge in [0.15, 0.2) is 5.16 Å². The lowest BCUT2D eigenvalue weighted by molar-refractivity contribution is 0.400. The lowest BCUT2D eigenvalue weighted by Crippen LogP contribution is -2.26. The number of hydrogen-bond acceptors (Lipinski definition) is 5. The maximum Gasteiger partial charge on any atom is 0.262 e. The Morgan fingerprint density at radius 2 is 1.89 bits per heavy atom. The quantitative estimate of drug-likeness (QED) is 0.442. The predicted molar refractivity (Wildman–Crippen MR) is 113 cm³/mol. The molecule has 0 saturated heterocycles. The van der Waals surface area contributed by atoms with Gasteiger partial charge < -0.3 is 9.47 Å². The second-order valence-corrected chi connectivity index (χ2v) is 7.93. The smallest absolute Gasteiger partial charge is 0.262 e. The first kappa shape index (κ1) is 18.9. The molecule has 0 radical (unpaired) electrons. The third kappa shape index (κ3) is 3.61. The van der Waals surface area contributed by atoms with E-state index in [0.717, 1.165) is 53.4 Å². The Bertz CT molecular complexity index is 1040. The van der Waals surface area contributed by atoms with E-state index in [1.54, 1.807) is 26.0 Å². The summed E-state index contributed by atoms with van der Waals surface area (Å²) in [4.78, 5) is 18.1. The lowest BCUT2D eigenvalue weighted by Gasteiger charge is -2.19. The molecule has 1 aliphatic rings. The lowest BCUT2D eigenvalue weighted by atomic mass is 10.2. The molecule has 1 fully saturated rings. The molecule has 28 heavy (non-hydrogen) atoms. The van der Waals surface area contributed by atoms with Crippen molar-refractivity contribution in [2.75, 3.05) is 14.2 Å². The molecule has 1 aromatic heterocycles. The molecule has 0 bridgehead atoms. The van der Waals surface area contributed by atoms with E-state index in [0.29, 0.717) is 11.1 Å². The van der Waals surface area contributed by atoms with Gasteiger partial charge in [0.25, 0.3) is 5.56 Å². The fraction of sp³-hybridized carbons (Fsp3) is 0.364. The number of aromatic nitrogens is 2. The molecule has 1 aliphatic carbocycles. The molecule has 6 heteroatoms. The van der Waals surface area contributed by atoms with Gasteiger partial charge in [0.05, 0.1) is 25.1 Å². The highest BCUT2D eigenvalue weighted by atomic mass is 32.2. The molecule has 2 aromatic carbocycles. The number of nitrogens with zero attached hydrogens (tertiary/aromatic N) is 2. The molecule has 1 heterocycles. The van der Waals surface area contributed by atoms with Crippen LogP contribution in [-0.4, -0.2) is 23.8 Å². The second kappa shape index (κ2) is 8.27. The molecule has 0 N–H and O–H groups in total. The standard InChI is InChI=1S/C22H24N2O3S/c1-26-17-11-12-20(27-2)15(13-17)14-28-22-23-19-10-6-5-9-18(19)21(25)24(22)16-7-3-4-8-16/h5-6,9-13,16H,3-4,7-8,14H2,1-2H3. The molecule has 0 amide bonds. The summed E-state index contributed by atoms with van der Waals surface area (Å²) in [6.07, 6.45) is 4.40. The highest BCUT2D eigenvalue weighted by molar-refractivity contribution is 7.98. The summed E-state index contributed by atoms with van der Waals surface area (Å²) in [7, 11) is 3.32. The first-order valence-corrected chi connectivity index (χ1v) is 10.5. The number of para-hydroxylation sites is 1. The Morgan fingerprint density at radius 3 is 2.64 bits per heavy atom. The predicted octanol–water partition coefficient (Wildman–Crippen LogP) is 4.82. The van der Waals surface area contributed by atoms with E-state index in [1.807, 2.05) is 47.0 Å². The average molecular weight is 397 g/mol. The summed E-state index contributed by atoms with van der Waals surface area (Å²) >= 11 is 1.58. The van der Waals surface area contributed by atoms with Crippen LogP contribution in [0.1, 0.15) is 37.3 Å². The molecule has 4 rings (SSSR count). The fourth-order valence-corrected chi connectivity index (χ4v) is 4.89. The van der Waals surface area contributed by atoms with E-state index in [4.69, 9.17) is 14.5 Å². The van der Waals surface area contributed by atoms with Gasteiger partial charge in [0.2, 0.25) is 0 Å². The highest BCUT2D eigenvalue weighted by Crippen LogP contribution is 2.35. The number of ether oxygens (including phenoxy) is 2. The van der Waals surface area contributed by atoms with Crippen LogP contribution in [0.3, 0.4) is 0 Å². The zero-order chi connectivity index (χ0) is 19.5. The minimum absolute atomic E-state index is 0.0672. The van der Waals surface area contributed by atoms with Crippen LogP contribution in [-0.2, 0) is 5.75 Å².